The first-order valence-corrected chi connectivity index (χ1v) is 7.24. The van der Waals surface area contributed by atoms with Crippen molar-refractivity contribution >= 4 is 23.2 Å². The van der Waals surface area contributed by atoms with Gasteiger partial charge in [-0.2, -0.15) is 0 Å². The van der Waals surface area contributed by atoms with E-state index in [0.717, 1.165) is 29.7 Å². The lowest BCUT2D eigenvalue weighted by Crippen LogP contribution is -2.31. The molecule has 1 heterocycles. The van der Waals surface area contributed by atoms with Crippen LogP contribution in [-0.2, 0) is 16.8 Å². The van der Waals surface area contributed by atoms with Gasteiger partial charge < -0.3 is 4.90 Å². The zero-order chi connectivity index (χ0) is 13.7. The lowest BCUT2D eigenvalue weighted by atomic mass is 9.98. The quantitative estimate of drug-likeness (QED) is 0.818. The highest BCUT2D eigenvalue weighted by atomic mass is 35.5. The lowest BCUT2D eigenvalue weighted by Gasteiger charge is -2.18. The third-order valence-corrected chi connectivity index (χ3v) is 4.59. The molecule has 1 aliphatic heterocycles. The Morgan fingerprint density at radius 2 is 1.85 bits per heavy atom. The first-order chi connectivity index (χ1) is 9.71. The van der Waals surface area contributed by atoms with Gasteiger partial charge in [0.05, 0.1) is 12.0 Å². The molecule has 1 aliphatic carbocycles. The van der Waals surface area contributed by atoms with E-state index < -0.39 is 0 Å². The third-order valence-electron chi connectivity index (χ3n) is 4.35. The van der Waals surface area contributed by atoms with Gasteiger partial charge in [-0.1, -0.05) is 48.0 Å². The van der Waals surface area contributed by atoms with E-state index in [1.165, 1.54) is 0 Å². The maximum absolute atomic E-state index is 12.7. The van der Waals surface area contributed by atoms with Crippen LogP contribution in [0, 0.1) is 0 Å². The second-order valence-corrected chi connectivity index (χ2v) is 6.06. The molecule has 2 aromatic carbocycles. The standard InChI is InChI=1S/C17H14ClNO/c18-13-6-7-14-15(10-13)19(16(20)17(14)8-9-17)11-12-4-2-1-3-5-12/h1-7,10H,8-9,11H2. The molecule has 0 N–H and O–H groups in total. The van der Waals surface area contributed by atoms with Gasteiger partial charge in [-0.15, -0.1) is 0 Å². The summed E-state index contributed by atoms with van der Waals surface area (Å²) in [7, 11) is 0. The Kier molecular flexibility index (Phi) is 2.45. The van der Waals surface area contributed by atoms with E-state index in [-0.39, 0.29) is 11.3 Å². The fraction of sp³-hybridized carbons (Fsp3) is 0.235. The fourth-order valence-corrected chi connectivity index (χ4v) is 3.31. The van der Waals surface area contributed by atoms with Gasteiger partial charge in [0, 0.05) is 10.7 Å². The molecule has 0 atom stereocenters. The highest BCUT2D eigenvalue weighted by Gasteiger charge is 2.58. The van der Waals surface area contributed by atoms with Crippen molar-refractivity contribution in [1.82, 2.24) is 0 Å². The molecule has 1 spiro atoms. The molecule has 0 radical (unpaired) electrons. The normalized spacial score (nSPS) is 18.4. The molecule has 0 saturated heterocycles. The Hall–Kier alpha value is -1.80. The van der Waals surface area contributed by atoms with Gasteiger partial charge >= 0.3 is 0 Å². The molecule has 3 heteroatoms. The zero-order valence-electron chi connectivity index (χ0n) is 11.0. The van der Waals surface area contributed by atoms with Crippen LogP contribution in [-0.4, -0.2) is 5.91 Å². The summed E-state index contributed by atoms with van der Waals surface area (Å²) in [6.07, 6.45) is 1.93. The second kappa shape index (κ2) is 4.10. The highest BCUT2D eigenvalue weighted by molar-refractivity contribution is 6.31. The summed E-state index contributed by atoms with van der Waals surface area (Å²) < 4.78 is 0. The number of carbonyl (C=O) groups is 1. The molecular weight excluding hydrogens is 270 g/mol. The molecule has 1 amide bonds. The summed E-state index contributed by atoms with van der Waals surface area (Å²) in [6, 6.07) is 15.9. The Balaban J connectivity index is 1.78. The van der Waals surface area contributed by atoms with Crippen LogP contribution in [0.4, 0.5) is 5.69 Å². The molecule has 20 heavy (non-hydrogen) atoms. The second-order valence-electron chi connectivity index (χ2n) is 5.62. The summed E-state index contributed by atoms with van der Waals surface area (Å²) in [6.45, 7) is 0.620. The minimum Gasteiger partial charge on any atom is -0.307 e. The maximum Gasteiger partial charge on any atom is 0.238 e. The molecule has 0 bridgehead atoms. The van der Waals surface area contributed by atoms with Crippen LogP contribution >= 0.6 is 11.6 Å². The van der Waals surface area contributed by atoms with Crippen LogP contribution in [0.15, 0.2) is 48.5 Å². The van der Waals surface area contributed by atoms with Crippen LogP contribution in [0.25, 0.3) is 0 Å². The van der Waals surface area contributed by atoms with E-state index in [1.54, 1.807) is 0 Å². The van der Waals surface area contributed by atoms with E-state index in [1.807, 2.05) is 41.3 Å². The van der Waals surface area contributed by atoms with Crippen molar-refractivity contribution in [3.05, 3.63) is 64.7 Å². The van der Waals surface area contributed by atoms with E-state index in [9.17, 15) is 4.79 Å². The van der Waals surface area contributed by atoms with Gasteiger partial charge in [0.2, 0.25) is 5.91 Å². The highest BCUT2D eigenvalue weighted by Crippen LogP contribution is 2.57. The van der Waals surface area contributed by atoms with Crippen LogP contribution in [0.3, 0.4) is 0 Å². The third kappa shape index (κ3) is 1.61. The minimum absolute atomic E-state index is 0.235. The van der Waals surface area contributed by atoms with Crippen LogP contribution in [0.1, 0.15) is 24.0 Å². The Bertz CT molecular complexity index is 691. The zero-order valence-corrected chi connectivity index (χ0v) is 11.7. The van der Waals surface area contributed by atoms with Gasteiger partial charge in [-0.25, -0.2) is 0 Å². The van der Waals surface area contributed by atoms with E-state index >= 15 is 0 Å². The molecule has 0 unspecified atom stereocenters. The number of benzene rings is 2. The van der Waals surface area contributed by atoms with Crippen LogP contribution < -0.4 is 4.90 Å². The molecule has 4 rings (SSSR count). The predicted octanol–water partition coefficient (Wildman–Crippen LogP) is 3.92. The molecule has 1 fully saturated rings. The van der Waals surface area contributed by atoms with Crippen molar-refractivity contribution in [2.24, 2.45) is 0 Å². The van der Waals surface area contributed by atoms with Gasteiger partial charge in [0.15, 0.2) is 0 Å². The maximum atomic E-state index is 12.7. The molecule has 2 aliphatic rings. The summed E-state index contributed by atoms with van der Waals surface area (Å²) >= 11 is 6.11. The van der Waals surface area contributed by atoms with Crippen LogP contribution in [0.2, 0.25) is 5.02 Å². The molecule has 100 valence electrons. The van der Waals surface area contributed by atoms with Crippen molar-refractivity contribution in [2.75, 3.05) is 4.90 Å². The molecule has 2 nitrogen and oxygen atoms in total. The summed E-state index contributed by atoms with van der Waals surface area (Å²) in [5.74, 6) is 0.235. The summed E-state index contributed by atoms with van der Waals surface area (Å²) in [4.78, 5) is 14.6. The number of amides is 1. The van der Waals surface area contributed by atoms with Crippen molar-refractivity contribution in [1.29, 1.82) is 0 Å². The van der Waals surface area contributed by atoms with E-state index in [2.05, 4.69) is 12.1 Å². The molecule has 1 saturated carbocycles. The number of anilines is 1. The first kappa shape index (κ1) is 12.0. The predicted molar refractivity (Wildman–Crippen MR) is 80.0 cm³/mol. The molecule has 0 aromatic heterocycles. The lowest BCUT2D eigenvalue weighted by molar-refractivity contribution is -0.120. The number of hydrogen-bond acceptors (Lipinski definition) is 1. The van der Waals surface area contributed by atoms with Crippen LogP contribution in [0.5, 0.6) is 0 Å². The van der Waals surface area contributed by atoms with E-state index in [4.69, 9.17) is 11.6 Å². The number of halogens is 1. The van der Waals surface area contributed by atoms with Gasteiger partial charge in [-0.3, -0.25) is 4.79 Å². The van der Waals surface area contributed by atoms with Crippen molar-refractivity contribution in [2.45, 2.75) is 24.8 Å². The van der Waals surface area contributed by atoms with E-state index in [0.29, 0.717) is 11.6 Å². The monoisotopic (exact) mass is 283 g/mol. The van der Waals surface area contributed by atoms with Crippen molar-refractivity contribution in [3.8, 4) is 0 Å². The van der Waals surface area contributed by atoms with Gasteiger partial charge in [-0.05, 0) is 36.1 Å². The molecule has 2 aromatic rings. The Labute approximate surface area is 123 Å². The Morgan fingerprint density at radius 1 is 1.10 bits per heavy atom. The number of rotatable bonds is 2. The largest absolute Gasteiger partial charge is 0.307 e. The SMILES string of the molecule is O=C1N(Cc2ccccc2)c2cc(Cl)ccc2C12CC2. The summed E-state index contributed by atoms with van der Waals surface area (Å²) in [5, 5.41) is 0.687. The fourth-order valence-electron chi connectivity index (χ4n) is 3.15. The number of nitrogens with zero attached hydrogens (tertiary/aromatic N) is 1. The van der Waals surface area contributed by atoms with Crippen molar-refractivity contribution < 1.29 is 4.79 Å². The average molecular weight is 284 g/mol. The average Bonchev–Trinajstić information content (AvgIpc) is 3.23. The Morgan fingerprint density at radius 3 is 2.55 bits per heavy atom. The first-order valence-electron chi connectivity index (χ1n) is 6.87. The number of carbonyl (C=O) groups excluding carboxylic acids is 1. The molecular formula is C17H14ClNO. The van der Waals surface area contributed by atoms with Gasteiger partial charge in [0.25, 0.3) is 0 Å². The number of fused-ring (bicyclic) bond motifs is 2. The number of hydrogen-bond donors (Lipinski definition) is 0. The summed E-state index contributed by atoms with van der Waals surface area (Å²) in [5.41, 5.74) is 3.05. The minimum atomic E-state index is -0.241. The smallest absolute Gasteiger partial charge is 0.238 e. The van der Waals surface area contributed by atoms with Gasteiger partial charge in [0.1, 0.15) is 0 Å². The van der Waals surface area contributed by atoms with Crippen molar-refractivity contribution in [3.63, 3.8) is 0 Å². The topological polar surface area (TPSA) is 20.3 Å².